The van der Waals surface area contributed by atoms with Gasteiger partial charge in [0.1, 0.15) is 6.10 Å². The van der Waals surface area contributed by atoms with E-state index in [2.05, 4.69) is 19.9 Å². The maximum atomic E-state index is 12.9. The van der Waals surface area contributed by atoms with Gasteiger partial charge in [0.05, 0.1) is 24.7 Å². The molecule has 8 nitrogen and oxygen atoms in total. The lowest BCUT2D eigenvalue weighted by atomic mass is 10.1. The number of amides is 1. The van der Waals surface area contributed by atoms with Crippen molar-refractivity contribution in [2.75, 3.05) is 20.2 Å². The highest BCUT2D eigenvalue weighted by Gasteiger charge is 2.26. The number of piperidine rings is 1. The Morgan fingerprint density at radius 2 is 1.96 bits per heavy atom. The first-order valence-corrected chi connectivity index (χ1v) is 8.76. The molecule has 4 rings (SSSR count). The highest BCUT2D eigenvalue weighted by atomic mass is 16.5. The minimum Gasteiger partial charge on any atom is -0.472 e. The normalized spacial score (nSPS) is 16.9. The zero-order chi connectivity index (χ0) is 18.6. The standard InChI is InChI=1S/C19H19N5O3/c1-26-19-22-7-6-17(23-19)27-14-3-2-10-24(12-14)18(25)13-4-5-15-16(11-13)21-9-8-20-15/h4-9,11,14H,2-3,10,12H2,1H3. The average molecular weight is 365 g/mol. The Morgan fingerprint density at radius 3 is 2.81 bits per heavy atom. The van der Waals surface area contributed by atoms with Gasteiger partial charge in [-0.25, -0.2) is 4.98 Å². The molecule has 0 bridgehead atoms. The van der Waals surface area contributed by atoms with Crippen LogP contribution in [0, 0.1) is 0 Å². The van der Waals surface area contributed by atoms with Crippen LogP contribution in [0.15, 0.2) is 42.9 Å². The molecule has 3 heterocycles. The summed E-state index contributed by atoms with van der Waals surface area (Å²) in [6.45, 7) is 1.20. The van der Waals surface area contributed by atoms with Crippen molar-refractivity contribution in [1.29, 1.82) is 0 Å². The minimum absolute atomic E-state index is 0.0314. The minimum atomic E-state index is -0.123. The van der Waals surface area contributed by atoms with Crippen LogP contribution in [0.3, 0.4) is 0 Å². The second-order valence-corrected chi connectivity index (χ2v) is 6.27. The molecule has 0 aliphatic carbocycles. The van der Waals surface area contributed by atoms with Gasteiger partial charge in [-0.3, -0.25) is 14.8 Å². The number of likely N-dealkylation sites (tertiary alicyclic amines) is 1. The SMILES string of the molecule is COc1nccc(OC2CCCN(C(=O)c3ccc4nccnc4c3)C2)n1. The Kier molecular flexibility index (Phi) is 4.78. The second kappa shape index (κ2) is 7.53. The van der Waals surface area contributed by atoms with Crippen LogP contribution in [-0.2, 0) is 0 Å². The topological polar surface area (TPSA) is 90.3 Å². The van der Waals surface area contributed by atoms with Gasteiger partial charge in [0, 0.05) is 36.8 Å². The highest BCUT2D eigenvalue weighted by molar-refractivity contribution is 5.97. The molecule has 1 atom stereocenters. The van der Waals surface area contributed by atoms with E-state index in [4.69, 9.17) is 9.47 Å². The third-order valence-corrected chi connectivity index (χ3v) is 4.46. The number of nitrogens with zero attached hydrogens (tertiary/aromatic N) is 5. The van der Waals surface area contributed by atoms with E-state index in [0.717, 1.165) is 18.4 Å². The molecule has 0 spiro atoms. The van der Waals surface area contributed by atoms with Gasteiger partial charge in [-0.1, -0.05) is 0 Å². The molecule has 1 aliphatic heterocycles. The molecule has 3 aromatic rings. The van der Waals surface area contributed by atoms with E-state index in [1.54, 1.807) is 36.8 Å². The number of aromatic nitrogens is 4. The summed E-state index contributed by atoms with van der Waals surface area (Å²) in [5.74, 6) is 0.415. The predicted octanol–water partition coefficient (Wildman–Crippen LogP) is 2.11. The van der Waals surface area contributed by atoms with E-state index in [0.29, 0.717) is 30.0 Å². The summed E-state index contributed by atoms with van der Waals surface area (Å²) in [7, 11) is 1.51. The molecule has 27 heavy (non-hydrogen) atoms. The number of hydrogen-bond donors (Lipinski definition) is 0. The van der Waals surface area contributed by atoms with E-state index >= 15 is 0 Å². The first kappa shape index (κ1) is 17.1. The van der Waals surface area contributed by atoms with Crippen molar-refractivity contribution in [2.45, 2.75) is 18.9 Å². The van der Waals surface area contributed by atoms with Gasteiger partial charge in [0.15, 0.2) is 0 Å². The van der Waals surface area contributed by atoms with Crippen molar-refractivity contribution in [3.05, 3.63) is 48.4 Å². The monoisotopic (exact) mass is 365 g/mol. The number of rotatable bonds is 4. The third kappa shape index (κ3) is 3.79. The predicted molar refractivity (Wildman–Crippen MR) is 97.7 cm³/mol. The molecule has 2 aromatic heterocycles. The lowest BCUT2D eigenvalue weighted by molar-refractivity contribution is 0.0526. The van der Waals surface area contributed by atoms with E-state index < -0.39 is 0 Å². The molecule has 0 saturated carbocycles. The third-order valence-electron chi connectivity index (χ3n) is 4.46. The number of carbonyl (C=O) groups is 1. The number of ether oxygens (including phenoxy) is 2. The molecule has 1 saturated heterocycles. The smallest absolute Gasteiger partial charge is 0.319 e. The van der Waals surface area contributed by atoms with Crippen LogP contribution in [0.2, 0.25) is 0 Å². The van der Waals surface area contributed by atoms with Crippen LogP contribution >= 0.6 is 0 Å². The molecular weight excluding hydrogens is 346 g/mol. The fraction of sp³-hybridized carbons (Fsp3) is 0.316. The zero-order valence-electron chi connectivity index (χ0n) is 14.9. The number of fused-ring (bicyclic) bond motifs is 1. The lowest BCUT2D eigenvalue weighted by Crippen LogP contribution is -2.44. The van der Waals surface area contributed by atoms with Crippen LogP contribution in [0.4, 0.5) is 0 Å². The Balaban J connectivity index is 1.47. The molecule has 1 unspecified atom stereocenters. The van der Waals surface area contributed by atoms with Crippen molar-refractivity contribution in [1.82, 2.24) is 24.8 Å². The molecule has 1 aromatic carbocycles. The quantitative estimate of drug-likeness (QED) is 0.699. The van der Waals surface area contributed by atoms with Crippen LogP contribution in [0.1, 0.15) is 23.2 Å². The first-order chi connectivity index (χ1) is 13.2. The van der Waals surface area contributed by atoms with Crippen LogP contribution in [-0.4, -0.2) is 57.0 Å². The van der Waals surface area contributed by atoms with Crippen LogP contribution < -0.4 is 9.47 Å². The van der Waals surface area contributed by atoms with Gasteiger partial charge < -0.3 is 14.4 Å². The second-order valence-electron chi connectivity index (χ2n) is 6.27. The van der Waals surface area contributed by atoms with Crippen molar-refractivity contribution in [3.63, 3.8) is 0 Å². The molecule has 0 radical (unpaired) electrons. The maximum Gasteiger partial charge on any atom is 0.319 e. The van der Waals surface area contributed by atoms with Crippen LogP contribution in [0.25, 0.3) is 11.0 Å². The van der Waals surface area contributed by atoms with E-state index in [9.17, 15) is 4.79 Å². The summed E-state index contributed by atoms with van der Waals surface area (Å²) in [5.41, 5.74) is 2.08. The first-order valence-electron chi connectivity index (χ1n) is 8.76. The molecule has 138 valence electrons. The lowest BCUT2D eigenvalue weighted by Gasteiger charge is -2.32. The van der Waals surface area contributed by atoms with Gasteiger partial charge in [-0.05, 0) is 31.0 Å². The van der Waals surface area contributed by atoms with Gasteiger partial charge in [0.2, 0.25) is 5.88 Å². The highest BCUT2D eigenvalue weighted by Crippen LogP contribution is 2.20. The summed E-state index contributed by atoms with van der Waals surface area (Å²) < 4.78 is 11.0. The van der Waals surface area contributed by atoms with E-state index in [1.165, 1.54) is 7.11 Å². The number of benzene rings is 1. The van der Waals surface area contributed by atoms with Gasteiger partial charge >= 0.3 is 6.01 Å². The molecular formula is C19H19N5O3. The van der Waals surface area contributed by atoms with E-state index in [-0.39, 0.29) is 18.0 Å². The summed E-state index contributed by atoms with van der Waals surface area (Å²) in [4.78, 5) is 31.4. The van der Waals surface area contributed by atoms with Gasteiger partial charge in [-0.15, -0.1) is 0 Å². The fourth-order valence-corrected chi connectivity index (χ4v) is 3.16. The Hall–Kier alpha value is -3.29. The summed E-state index contributed by atoms with van der Waals surface area (Å²) >= 11 is 0. The van der Waals surface area contributed by atoms with Crippen molar-refractivity contribution >= 4 is 16.9 Å². The molecule has 1 aliphatic rings. The summed E-state index contributed by atoms with van der Waals surface area (Å²) in [5, 5.41) is 0. The van der Waals surface area contributed by atoms with Gasteiger partial charge in [0.25, 0.3) is 5.91 Å². The number of carbonyl (C=O) groups excluding carboxylic acids is 1. The fourth-order valence-electron chi connectivity index (χ4n) is 3.16. The summed E-state index contributed by atoms with van der Waals surface area (Å²) in [6.07, 6.45) is 6.45. The van der Waals surface area contributed by atoms with Crippen molar-refractivity contribution < 1.29 is 14.3 Å². The summed E-state index contributed by atoms with van der Waals surface area (Å²) in [6, 6.07) is 7.34. The Bertz CT molecular complexity index is 965. The van der Waals surface area contributed by atoms with Crippen molar-refractivity contribution in [3.8, 4) is 11.9 Å². The van der Waals surface area contributed by atoms with Crippen LogP contribution in [0.5, 0.6) is 11.9 Å². The van der Waals surface area contributed by atoms with E-state index in [1.807, 2.05) is 11.0 Å². The van der Waals surface area contributed by atoms with Gasteiger partial charge in [-0.2, -0.15) is 4.98 Å². The average Bonchev–Trinajstić information content (AvgIpc) is 2.73. The Morgan fingerprint density at radius 1 is 1.11 bits per heavy atom. The largest absolute Gasteiger partial charge is 0.472 e. The number of methoxy groups -OCH3 is 1. The molecule has 1 fully saturated rings. The Labute approximate surface area is 156 Å². The molecule has 0 N–H and O–H groups in total. The maximum absolute atomic E-state index is 12.9. The zero-order valence-corrected chi connectivity index (χ0v) is 14.9. The molecule has 1 amide bonds. The molecule has 8 heteroatoms. The van der Waals surface area contributed by atoms with Crippen molar-refractivity contribution in [2.24, 2.45) is 0 Å². The number of hydrogen-bond acceptors (Lipinski definition) is 7.